The van der Waals surface area contributed by atoms with E-state index in [4.69, 9.17) is 11.6 Å². The average molecular weight is 441 g/mol. The number of rotatable bonds is 3. The van der Waals surface area contributed by atoms with Gasteiger partial charge in [0.2, 0.25) is 0 Å². The Hall–Kier alpha value is -1.96. The minimum Gasteiger partial charge on any atom is -0.392 e. The highest BCUT2D eigenvalue weighted by Gasteiger charge is 2.21. The van der Waals surface area contributed by atoms with Crippen LogP contribution >= 0.6 is 23.4 Å². The highest BCUT2D eigenvalue weighted by molar-refractivity contribution is 7.98. The van der Waals surface area contributed by atoms with Crippen LogP contribution < -0.4 is 0 Å². The van der Waals surface area contributed by atoms with Gasteiger partial charge in [0, 0.05) is 12.1 Å². The van der Waals surface area contributed by atoms with Crippen molar-refractivity contribution in [2.24, 2.45) is 0 Å². The van der Waals surface area contributed by atoms with Crippen molar-refractivity contribution in [1.82, 2.24) is 9.97 Å². The van der Waals surface area contributed by atoms with E-state index in [1.54, 1.807) is 23.9 Å². The highest BCUT2D eigenvalue weighted by atomic mass is 35.5. The largest absolute Gasteiger partial charge is 0.392 e. The molecule has 0 amide bonds. The molecule has 1 aromatic heterocycles. The molecule has 0 saturated heterocycles. The summed E-state index contributed by atoms with van der Waals surface area (Å²) in [6, 6.07) is 7.07. The van der Waals surface area contributed by atoms with E-state index in [2.05, 4.69) is 9.97 Å². The van der Waals surface area contributed by atoms with Crippen molar-refractivity contribution in [2.45, 2.75) is 37.3 Å². The molecule has 2 aromatic carbocycles. The molecule has 0 bridgehead atoms. The Labute approximate surface area is 176 Å². The number of aromatic amines is 1. The first kappa shape index (κ1) is 21.7. The number of aromatic nitrogens is 2. The normalized spacial score (nSPS) is 13.2. The molecule has 0 atom stereocenters. The minimum absolute atomic E-state index is 0.149. The van der Waals surface area contributed by atoms with Crippen LogP contribution in [0.1, 0.15) is 28.2 Å². The van der Waals surface area contributed by atoms with Crippen LogP contribution in [0.5, 0.6) is 0 Å². The zero-order valence-corrected chi connectivity index (χ0v) is 17.5. The van der Waals surface area contributed by atoms with Crippen LogP contribution in [0, 0.1) is 24.4 Å². The third-order valence-electron chi connectivity index (χ3n) is 4.59. The van der Waals surface area contributed by atoms with E-state index in [0.717, 1.165) is 33.2 Å². The number of thioether (sulfide) groups is 1. The number of halogens is 4. The summed E-state index contributed by atoms with van der Waals surface area (Å²) in [5.41, 5.74) is 3.45. The molecular formula is C21H20ClF3N2OS. The van der Waals surface area contributed by atoms with Gasteiger partial charge in [0.05, 0.1) is 11.1 Å². The summed E-state index contributed by atoms with van der Waals surface area (Å²) in [7, 11) is 0. The molecule has 2 N–H and O–H groups in total. The van der Waals surface area contributed by atoms with E-state index < -0.39 is 23.6 Å². The number of benzene rings is 2. The molecule has 0 unspecified atom stereocenters. The molecule has 3 aromatic rings. The predicted octanol–water partition coefficient (Wildman–Crippen LogP) is 5.25. The van der Waals surface area contributed by atoms with Gasteiger partial charge in [-0.25, -0.2) is 18.2 Å². The second-order valence-electron chi connectivity index (χ2n) is 6.84. The molecule has 0 spiro atoms. The first-order chi connectivity index (χ1) is 13.8. The number of aliphatic hydroxyl groups excluding tert-OH is 1. The number of hydrogen-bond acceptors (Lipinski definition) is 3. The van der Waals surface area contributed by atoms with Gasteiger partial charge < -0.3 is 10.1 Å². The zero-order chi connectivity index (χ0) is 21.1. The molecule has 4 rings (SSSR count). The quantitative estimate of drug-likeness (QED) is 0.547. The monoisotopic (exact) mass is 440 g/mol. The van der Waals surface area contributed by atoms with Crippen molar-refractivity contribution < 1.29 is 18.3 Å². The summed E-state index contributed by atoms with van der Waals surface area (Å²) in [6.45, 7) is 1.99. The lowest BCUT2D eigenvalue weighted by Crippen LogP contribution is -2.03. The Morgan fingerprint density at radius 1 is 1.10 bits per heavy atom. The fourth-order valence-corrected chi connectivity index (χ4v) is 3.98. The highest BCUT2D eigenvalue weighted by Crippen LogP contribution is 2.24. The molecular weight excluding hydrogens is 421 g/mol. The number of fused-ring (bicyclic) bond motifs is 1. The van der Waals surface area contributed by atoms with Gasteiger partial charge in [0.25, 0.3) is 0 Å². The summed E-state index contributed by atoms with van der Waals surface area (Å²) in [6.07, 6.45) is 3.02. The van der Waals surface area contributed by atoms with E-state index in [0.29, 0.717) is 19.3 Å². The van der Waals surface area contributed by atoms with Crippen molar-refractivity contribution in [2.75, 3.05) is 6.26 Å². The summed E-state index contributed by atoms with van der Waals surface area (Å²) in [5.74, 6) is -1.18. The number of H-pyrrole nitrogens is 1. The van der Waals surface area contributed by atoms with E-state index in [1.165, 1.54) is 18.2 Å². The Kier molecular flexibility index (Phi) is 6.93. The zero-order valence-electron chi connectivity index (χ0n) is 15.9. The molecule has 0 radical (unpaired) electrons. The second-order valence-corrected chi connectivity index (χ2v) is 8.04. The number of hydrogen-bond donors (Lipinski definition) is 2. The molecule has 1 aliphatic carbocycles. The van der Waals surface area contributed by atoms with Gasteiger partial charge >= 0.3 is 0 Å². The molecule has 0 fully saturated rings. The second kappa shape index (κ2) is 9.24. The van der Waals surface area contributed by atoms with Gasteiger partial charge in [-0.2, -0.15) is 0 Å². The van der Waals surface area contributed by atoms with Crippen molar-refractivity contribution in [3.63, 3.8) is 0 Å². The summed E-state index contributed by atoms with van der Waals surface area (Å²) in [5, 5.41) is 10.3. The van der Waals surface area contributed by atoms with Crippen molar-refractivity contribution in [3.05, 3.63) is 81.0 Å². The number of imidazole rings is 1. The Bertz CT molecular complexity index is 994. The standard InChI is InChI=1S/C12H12ClFN2S.C9H8F2O/c1-7-12(17-2)16-11(15-7)6-8-3-4-10(14)9(13)5-8;10-8-3-5-1-7(12)2-6(5)4-9(8)11/h3-5H,6H2,1-2H3,(H,15,16);3-4,7,12H,1-2H2. The number of aliphatic hydroxyl groups is 1. The van der Waals surface area contributed by atoms with Gasteiger partial charge in [-0.05, 0) is 67.0 Å². The molecule has 1 aliphatic rings. The van der Waals surface area contributed by atoms with Crippen LogP contribution in [-0.2, 0) is 19.3 Å². The van der Waals surface area contributed by atoms with E-state index in [9.17, 15) is 18.3 Å². The third-order valence-corrected chi connectivity index (χ3v) is 5.67. The van der Waals surface area contributed by atoms with Crippen LogP contribution in [0.2, 0.25) is 5.02 Å². The number of nitrogens with one attached hydrogen (secondary N) is 1. The Balaban J connectivity index is 0.000000176. The lowest BCUT2D eigenvalue weighted by Gasteiger charge is -2.00. The van der Waals surface area contributed by atoms with Gasteiger partial charge in [0.1, 0.15) is 16.7 Å². The summed E-state index contributed by atoms with van der Waals surface area (Å²) in [4.78, 5) is 7.66. The van der Waals surface area contributed by atoms with Crippen molar-refractivity contribution in [1.29, 1.82) is 0 Å². The first-order valence-corrected chi connectivity index (χ1v) is 10.5. The van der Waals surface area contributed by atoms with Crippen molar-refractivity contribution >= 4 is 23.4 Å². The van der Waals surface area contributed by atoms with Crippen molar-refractivity contribution in [3.8, 4) is 0 Å². The molecule has 29 heavy (non-hydrogen) atoms. The topological polar surface area (TPSA) is 48.9 Å². The molecule has 8 heteroatoms. The van der Waals surface area contributed by atoms with Crippen LogP contribution in [0.25, 0.3) is 0 Å². The fraction of sp³-hybridized carbons (Fsp3) is 0.286. The van der Waals surface area contributed by atoms with E-state index in [-0.39, 0.29) is 5.02 Å². The number of aryl methyl sites for hydroxylation is 1. The molecule has 154 valence electrons. The smallest absolute Gasteiger partial charge is 0.159 e. The van der Waals surface area contributed by atoms with Crippen LogP contribution in [0.4, 0.5) is 13.2 Å². The first-order valence-electron chi connectivity index (χ1n) is 8.95. The molecule has 1 heterocycles. The third kappa shape index (κ3) is 5.35. The molecule has 0 aliphatic heterocycles. The predicted molar refractivity (Wildman–Crippen MR) is 109 cm³/mol. The van der Waals surface area contributed by atoms with Gasteiger partial charge in [0.15, 0.2) is 11.6 Å². The van der Waals surface area contributed by atoms with Crippen LogP contribution in [-0.4, -0.2) is 27.4 Å². The van der Waals surface area contributed by atoms with Crippen LogP contribution in [0.15, 0.2) is 35.4 Å². The van der Waals surface area contributed by atoms with Gasteiger partial charge in [-0.1, -0.05) is 17.7 Å². The maximum absolute atomic E-state index is 13.0. The maximum Gasteiger partial charge on any atom is 0.159 e. The molecule has 3 nitrogen and oxygen atoms in total. The molecule has 0 saturated carbocycles. The summed E-state index contributed by atoms with van der Waals surface area (Å²) >= 11 is 7.34. The SMILES string of the molecule is CSc1nc(Cc2ccc(F)c(Cl)c2)[nH]c1C.OC1Cc2cc(F)c(F)cc2C1. The Morgan fingerprint density at radius 3 is 2.24 bits per heavy atom. The van der Waals surface area contributed by atoms with Gasteiger partial charge in [-0.15, -0.1) is 11.8 Å². The van der Waals surface area contributed by atoms with E-state index in [1.807, 2.05) is 13.2 Å². The Morgan fingerprint density at radius 2 is 1.72 bits per heavy atom. The number of nitrogens with zero attached hydrogens (tertiary/aromatic N) is 1. The van der Waals surface area contributed by atoms with Crippen LogP contribution in [0.3, 0.4) is 0 Å². The van der Waals surface area contributed by atoms with Gasteiger partial charge in [-0.3, -0.25) is 0 Å². The lowest BCUT2D eigenvalue weighted by molar-refractivity contribution is 0.187. The lowest BCUT2D eigenvalue weighted by atomic mass is 10.1. The van der Waals surface area contributed by atoms with E-state index >= 15 is 0 Å². The average Bonchev–Trinajstić information content (AvgIpc) is 3.20. The fourth-order valence-electron chi connectivity index (χ4n) is 3.22. The minimum atomic E-state index is -0.831. The maximum atomic E-state index is 13.0. The summed E-state index contributed by atoms with van der Waals surface area (Å²) < 4.78 is 38.3.